The first kappa shape index (κ1) is 19.5. The van der Waals surface area contributed by atoms with Gasteiger partial charge in [-0.15, -0.1) is 12.5 Å². The predicted octanol–water partition coefficient (Wildman–Crippen LogP) is 2.90. The maximum atomic E-state index is 12.7. The molecule has 1 aromatic heterocycles. The Hall–Kier alpha value is -1.51. The van der Waals surface area contributed by atoms with Gasteiger partial charge in [-0.2, -0.15) is 12.1 Å². The van der Waals surface area contributed by atoms with Gasteiger partial charge >= 0.3 is 0 Å². The fourth-order valence-electron chi connectivity index (χ4n) is 2.13. The topological polar surface area (TPSA) is 31.2 Å². The summed E-state index contributed by atoms with van der Waals surface area (Å²) in [5.41, 5.74) is 1.26. The molecule has 2 rings (SSSR count). The fraction of sp³-hybridized carbons (Fsp3) is 0.235. The molecule has 0 aliphatic heterocycles. The molecule has 1 heterocycles. The van der Waals surface area contributed by atoms with E-state index >= 15 is 0 Å². The zero-order chi connectivity index (χ0) is 16.1. The molecule has 0 spiro atoms. The molecule has 0 fully saturated rings. The molecule has 0 saturated carbocycles. The van der Waals surface area contributed by atoms with E-state index in [9.17, 15) is 13.6 Å². The van der Waals surface area contributed by atoms with E-state index in [1.807, 2.05) is 0 Å². The van der Waals surface area contributed by atoms with Gasteiger partial charge in [0.1, 0.15) is 12.4 Å². The summed E-state index contributed by atoms with van der Waals surface area (Å²) in [5.74, 6) is 2.94. The van der Waals surface area contributed by atoms with Crippen LogP contribution in [0.3, 0.4) is 0 Å². The number of aromatic nitrogens is 1. The minimum atomic E-state index is -2.62. The first-order chi connectivity index (χ1) is 10.5. The van der Waals surface area contributed by atoms with Gasteiger partial charge in [0.15, 0.2) is 5.56 Å². The SMILES string of the molecule is C#CCOc1ccc(-c2[c-]ccc(=O)n2CC(F)F)c(C)c1.[Y]. The van der Waals surface area contributed by atoms with Crippen molar-refractivity contribution in [2.24, 2.45) is 0 Å². The Balaban J connectivity index is 0.00000264. The van der Waals surface area contributed by atoms with E-state index in [0.29, 0.717) is 17.0 Å². The van der Waals surface area contributed by atoms with Crippen LogP contribution in [-0.4, -0.2) is 17.6 Å². The largest absolute Gasteiger partial charge is 0.481 e. The summed E-state index contributed by atoms with van der Waals surface area (Å²) in [6.07, 6.45) is 2.51. The number of pyridine rings is 1. The van der Waals surface area contributed by atoms with Gasteiger partial charge in [-0.3, -0.25) is 4.79 Å². The molecule has 0 amide bonds. The molecule has 23 heavy (non-hydrogen) atoms. The van der Waals surface area contributed by atoms with Crippen molar-refractivity contribution in [1.82, 2.24) is 4.57 Å². The van der Waals surface area contributed by atoms with Crippen molar-refractivity contribution in [3.63, 3.8) is 0 Å². The summed E-state index contributed by atoms with van der Waals surface area (Å²) in [6.45, 7) is 1.28. The number of nitrogens with zero attached hydrogens (tertiary/aromatic N) is 1. The van der Waals surface area contributed by atoms with Crippen molar-refractivity contribution in [2.45, 2.75) is 19.9 Å². The van der Waals surface area contributed by atoms with Gasteiger partial charge in [0.2, 0.25) is 0 Å². The molecule has 1 radical (unpaired) electrons. The van der Waals surface area contributed by atoms with Gasteiger partial charge in [-0.25, -0.2) is 8.78 Å². The van der Waals surface area contributed by atoms with Crippen molar-refractivity contribution in [3.05, 3.63) is 52.3 Å². The van der Waals surface area contributed by atoms with Crippen LogP contribution in [0.1, 0.15) is 5.56 Å². The minimum Gasteiger partial charge on any atom is -0.481 e. The number of aryl methyl sites for hydroxylation is 1. The van der Waals surface area contributed by atoms with Crippen molar-refractivity contribution in [2.75, 3.05) is 6.61 Å². The first-order valence-corrected chi connectivity index (χ1v) is 6.60. The maximum absolute atomic E-state index is 12.7. The normalized spacial score (nSPS) is 10.0. The van der Waals surface area contributed by atoms with Gasteiger partial charge in [-0.05, 0) is 12.1 Å². The van der Waals surface area contributed by atoms with Gasteiger partial charge < -0.3 is 9.30 Å². The van der Waals surface area contributed by atoms with Crippen molar-refractivity contribution in [3.8, 4) is 29.4 Å². The number of terminal acetylenes is 1. The summed E-state index contributed by atoms with van der Waals surface area (Å²) in [4.78, 5) is 11.8. The molecular weight excluding hydrogens is 377 g/mol. The number of halogens is 2. The Morgan fingerprint density at radius 2 is 2.13 bits per heavy atom. The molecule has 6 heteroatoms. The predicted molar refractivity (Wildman–Crippen MR) is 80.0 cm³/mol. The molecule has 0 unspecified atom stereocenters. The molecule has 0 N–H and O–H groups in total. The Morgan fingerprint density at radius 3 is 2.74 bits per heavy atom. The van der Waals surface area contributed by atoms with Crippen LogP contribution in [0.4, 0.5) is 8.78 Å². The molecule has 0 saturated heterocycles. The Bertz CT molecular complexity index is 766. The summed E-state index contributed by atoms with van der Waals surface area (Å²) in [6, 6.07) is 10.6. The third-order valence-corrected chi connectivity index (χ3v) is 3.08. The van der Waals surface area contributed by atoms with Gasteiger partial charge in [0, 0.05) is 32.7 Å². The average Bonchev–Trinajstić information content (AvgIpc) is 2.47. The monoisotopic (exact) mass is 391 g/mol. The summed E-state index contributed by atoms with van der Waals surface area (Å²) < 4.78 is 31.7. The second-order valence-corrected chi connectivity index (χ2v) is 4.64. The number of ether oxygens (including phenoxy) is 1. The van der Waals surface area contributed by atoms with Gasteiger partial charge in [0.25, 0.3) is 6.43 Å². The van der Waals surface area contributed by atoms with Crippen LogP contribution in [0.2, 0.25) is 0 Å². The molecular formula is C17H14F2NO2Y-. The van der Waals surface area contributed by atoms with Crippen LogP contribution in [0.15, 0.2) is 35.1 Å². The smallest absolute Gasteiger partial charge is 0.256 e. The van der Waals surface area contributed by atoms with Crippen molar-refractivity contribution in [1.29, 1.82) is 0 Å². The Labute approximate surface area is 158 Å². The van der Waals surface area contributed by atoms with E-state index in [4.69, 9.17) is 11.2 Å². The number of rotatable bonds is 5. The molecule has 117 valence electrons. The van der Waals surface area contributed by atoms with Crippen molar-refractivity contribution >= 4 is 0 Å². The molecule has 0 aliphatic rings. The average molecular weight is 391 g/mol. The maximum Gasteiger partial charge on any atom is 0.256 e. The summed E-state index contributed by atoms with van der Waals surface area (Å²) in [7, 11) is 0. The second kappa shape index (κ2) is 8.95. The first-order valence-electron chi connectivity index (χ1n) is 6.60. The fourth-order valence-corrected chi connectivity index (χ4v) is 2.13. The Kier molecular flexibility index (Phi) is 7.61. The van der Waals surface area contributed by atoms with Crippen LogP contribution in [0.25, 0.3) is 11.3 Å². The van der Waals surface area contributed by atoms with E-state index in [-0.39, 0.29) is 39.3 Å². The van der Waals surface area contributed by atoms with E-state index in [0.717, 1.165) is 10.1 Å². The number of hydrogen-bond donors (Lipinski definition) is 0. The summed E-state index contributed by atoms with van der Waals surface area (Å²) in [5, 5.41) is 0. The number of alkyl halides is 2. The van der Waals surface area contributed by atoms with Gasteiger partial charge in [-0.1, -0.05) is 35.7 Å². The number of hydrogen-bond acceptors (Lipinski definition) is 2. The van der Waals surface area contributed by atoms with E-state index in [2.05, 4.69) is 12.0 Å². The third-order valence-electron chi connectivity index (χ3n) is 3.08. The van der Waals surface area contributed by atoms with Crippen LogP contribution in [0.5, 0.6) is 5.75 Å². The molecule has 0 atom stereocenters. The molecule has 0 aliphatic carbocycles. The van der Waals surface area contributed by atoms with E-state index in [1.165, 1.54) is 12.1 Å². The zero-order valence-corrected chi connectivity index (χ0v) is 15.4. The molecule has 1 aromatic carbocycles. The zero-order valence-electron chi connectivity index (χ0n) is 12.6. The van der Waals surface area contributed by atoms with Crippen LogP contribution < -0.4 is 10.3 Å². The molecule has 3 nitrogen and oxygen atoms in total. The van der Waals surface area contributed by atoms with E-state index < -0.39 is 18.5 Å². The standard InChI is InChI=1S/C17H14F2NO2.Y/c1-3-9-22-13-7-8-14(12(2)10-13)15-5-4-6-17(21)20(15)11-16(18)19;/h1,4,6-8,10,16H,9,11H2,2H3;/q-1;. The molecule has 2 aromatic rings. The van der Waals surface area contributed by atoms with Crippen molar-refractivity contribution < 1.29 is 46.2 Å². The summed E-state index contributed by atoms with van der Waals surface area (Å²) >= 11 is 0. The number of benzene rings is 1. The second-order valence-electron chi connectivity index (χ2n) is 4.64. The van der Waals surface area contributed by atoms with E-state index in [1.54, 1.807) is 25.1 Å². The van der Waals surface area contributed by atoms with Gasteiger partial charge in [0.05, 0.1) is 6.54 Å². The molecule has 0 bridgehead atoms. The minimum absolute atomic E-state index is 0. The van der Waals surface area contributed by atoms with Crippen LogP contribution >= 0.6 is 0 Å². The Morgan fingerprint density at radius 1 is 1.39 bits per heavy atom. The third kappa shape index (κ3) is 4.99. The van der Waals surface area contributed by atoms with Crippen LogP contribution in [-0.2, 0) is 39.3 Å². The quantitative estimate of drug-likeness (QED) is 0.580. The van der Waals surface area contributed by atoms with Crippen LogP contribution in [0, 0.1) is 25.3 Å².